The molecule has 0 bridgehead atoms. The van der Waals surface area contributed by atoms with Crippen molar-refractivity contribution in [3.05, 3.63) is 131 Å². The normalized spacial score (nSPS) is 14.4. The van der Waals surface area contributed by atoms with Crippen LogP contribution in [0.2, 0.25) is 0 Å². The summed E-state index contributed by atoms with van der Waals surface area (Å²) in [5.74, 6) is -0.862. The van der Waals surface area contributed by atoms with Gasteiger partial charge >= 0.3 is 0 Å². The monoisotopic (exact) mass is 574 g/mol. The Bertz CT molecular complexity index is 1890. The predicted octanol–water partition coefficient (Wildman–Crippen LogP) is 3.47. The molecular weight excluding hydrogens is 559 g/mol. The van der Waals surface area contributed by atoms with Crippen molar-refractivity contribution >= 4 is 49.4 Å². The number of aromatic nitrogens is 3. The Kier molecular flexibility index (Phi) is 5.77. The summed E-state index contributed by atoms with van der Waals surface area (Å²) >= 11 is 4.38. The highest BCUT2D eigenvalue weighted by molar-refractivity contribution is 9.10. The molecule has 0 unspecified atom stereocenters. The first-order valence-corrected chi connectivity index (χ1v) is 12.9. The van der Waals surface area contributed by atoms with Crippen molar-refractivity contribution in [3.8, 4) is 0 Å². The van der Waals surface area contributed by atoms with Crippen LogP contribution >= 0.6 is 27.3 Å². The minimum absolute atomic E-state index is 0.00169. The van der Waals surface area contributed by atoms with Gasteiger partial charge in [0.25, 0.3) is 17.0 Å². The Morgan fingerprint density at radius 3 is 2.49 bits per heavy atom. The second kappa shape index (κ2) is 9.13. The molecule has 7 nitrogen and oxygen atoms in total. The lowest BCUT2D eigenvalue weighted by molar-refractivity contribution is -0.113. The van der Waals surface area contributed by atoms with Gasteiger partial charge in [0.15, 0.2) is 0 Å². The lowest BCUT2D eigenvalue weighted by atomic mass is 10.1. The van der Waals surface area contributed by atoms with E-state index < -0.39 is 22.8 Å². The summed E-state index contributed by atoms with van der Waals surface area (Å²) in [6, 6.07) is 20.8. The first kappa shape index (κ1) is 23.4. The van der Waals surface area contributed by atoms with Gasteiger partial charge in [0, 0.05) is 22.0 Å². The van der Waals surface area contributed by atoms with E-state index in [1.54, 1.807) is 36.4 Å². The van der Waals surface area contributed by atoms with Crippen LogP contribution in [-0.2, 0) is 17.8 Å². The van der Waals surface area contributed by atoms with E-state index in [0.29, 0.717) is 21.3 Å². The fourth-order valence-corrected chi connectivity index (χ4v) is 5.72. The van der Waals surface area contributed by atoms with E-state index in [0.717, 1.165) is 21.4 Å². The molecule has 1 amide bonds. The zero-order chi connectivity index (χ0) is 25.7. The van der Waals surface area contributed by atoms with Crippen LogP contribution < -0.4 is 20.6 Å². The summed E-state index contributed by atoms with van der Waals surface area (Å²) in [6.07, 6.45) is 0.224. The number of rotatable bonds is 4. The number of hydrogen-bond donors (Lipinski definition) is 0. The van der Waals surface area contributed by atoms with Gasteiger partial charge in [0.05, 0.1) is 17.8 Å². The molecule has 0 atom stereocenters. The number of carbonyl (C=O) groups is 1. The third-order valence-corrected chi connectivity index (χ3v) is 7.65. The molecule has 37 heavy (non-hydrogen) atoms. The van der Waals surface area contributed by atoms with Crippen LogP contribution in [0.3, 0.4) is 0 Å². The average Bonchev–Trinajstić information content (AvgIpc) is 3.33. The highest BCUT2D eigenvalue weighted by Crippen LogP contribution is 2.38. The average molecular weight is 575 g/mol. The quantitative estimate of drug-likeness (QED) is 0.328. The van der Waals surface area contributed by atoms with Gasteiger partial charge in [0.1, 0.15) is 16.0 Å². The fourth-order valence-electron chi connectivity index (χ4n) is 4.37. The third kappa shape index (κ3) is 4.08. The number of hydrogen-bond acceptors (Lipinski definition) is 6. The second-order valence-corrected chi connectivity index (χ2v) is 10.4. The summed E-state index contributed by atoms with van der Waals surface area (Å²) in [4.78, 5) is 45.5. The lowest BCUT2D eigenvalue weighted by Crippen LogP contribution is -2.33. The van der Waals surface area contributed by atoms with Gasteiger partial charge in [-0.2, -0.15) is 14.6 Å². The maximum absolute atomic E-state index is 14.4. The van der Waals surface area contributed by atoms with Crippen LogP contribution in [0, 0.1) is 5.82 Å². The van der Waals surface area contributed by atoms with Gasteiger partial charge < -0.3 is 4.90 Å². The SMILES string of the molecule is O=C1C(=c2sc3nc(=O)c(Cc4ccccc4)nn3c2=O)c2cc(Br)ccc2N1Cc1ccccc1F. The van der Waals surface area contributed by atoms with Crippen LogP contribution in [-0.4, -0.2) is 20.5 Å². The molecule has 0 N–H and O–H groups in total. The van der Waals surface area contributed by atoms with E-state index in [1.807, 2.05) is 30.3 Å². The van der Waals surface area contributed by atoms with Crippen LogP contribution in [0.5, 0.6) is 0 Å². The minimum atomic E-state index is -0.538. The second-order valence-electron chi connectivity index (χ2n) is 8.48. The molecule has 10 heteroatoms. The van der Waals surface area contributed by atoms with Crippen molar-refractivity contribution < 1.29 is 9.18 Å². The summed E-state index contributed by atoms with van der Waals surface area (Å²) in [5.41, 5.74) is 1.55. The van der Waals surface area contributed by atoms with Gasteiger partial charge in [0.2, 0.25) is 4.96 Å². The maximum Gasteiger partial charge on any atom is 0.296 e. The Balaban J connectivity index is 1.53. The van der Waals surface area contributed by atoms with Crippen LogP contribution in [0.15, 0.2) is 86.9 Å². The van der Waals surface area contributed by atoms with E-state index in [2.05, 4.69) is 26.0 Å². The van der Waals surface area contributed by atoms with Crippen molar-refractivity contribution in [2.24, 2.45) is 0 Å². The zero-order valence-electron chi connectivity index (χ0n) is 19.0. The van der Waals surface area contributed by atoms with E-state index in [9.17, 15) is 18.8 Å². The van der Waals surface area contributed by atoms with Gasteiger partial charge in [-0.25, -0.2) is 4.39 Å². The third-order valence-electron chi connectivity index (χ3n) is 6.13. The van der Waals surface area contributed by atoms with Crippen molar-refractivity contribution in [2.45, 2.75) is 13.0 Å². The first-order chi connectivity index (χ1) is 17.9. The largest absolute Gasteiger partial charge is 0.303 e. The molecule has 0 aliphatic carbocycles. The lowest BCUT2D eigenvalue weighted by Gasteiger charge is -2.17. The molecule has 1 aliphatic rings. The molecule has 0 fully saturated rings. The highest BCUT2D eigenvalue weighted by atomic mass is 79.9. The van der Waals surface area contributed by atoms with Crippen molar-refractivity contribution in [3.63, 3.8) is 0 Å². The summed E-state index contributed by atoms with van der Waals surface area (Å²) in [7, 11) is 0. The Hall–Kier alpha value is -4.02. The standard InChI is InChI=1S/C27H16BrFN4O3S/c28-17-10-11-21-18(13-17)22(25(35)32(21)14-16-8-4-5-9-19(16)29)23-26(36)33-27(37-23)30-24(34)20(31-33)12-15-6-2-1-3-7-15/h1-11,13H,12,14H2. The van der Waals surface area contributed by atoms with Gasteiger partial charge in [-0.05, 0) is 29.8 Å². The van der Waals surface area contributed by atoms with Gasteiger partial charge in [-0.1, -0.05) is 75.8 Å². The smallest absolute Gasteiger partial charge is 0.296 e. The number of nitrogens with zero attached hydrogens (tertiary/aromatic N) is 4. The molecule has 0 saturated carbocycles. The summed E-state index contributed by atoms with van der Waals surface area (Å²) in [5, 5.41) is 4.30. The van der Waals surface area contributed by atoms with Crippen molar-refractivity contribution in [1.82, 2.24) is 14.6 Å². The van der Waals surface area contributed by atoms with Crippen LogP contribution in [0.25, 0.3) is 10.5 Å². The van der Waals surface area contributed by atoms with Crippen LogP contribution in [0.4, 0.5) is 10.1 Å². The number of carbonyl (C=O) groups excluding carboxylic acids is 1. The first-order valence-electron chi connectivity index (χ1n) is 11.3. The molecule has 182 valence electrons. The molecular formula is C27H16BrFN4O3S. The molecule has 0 saturated heterocycles. The number of amides is 1. The summed E-state index contributed by atoms with van der Waals surface area (Å²) < 4.78 is 16.3. The van der Waals surface area contributed by atoms with Crippen molar-refractivity contribution in [1.29, 1.82) is 0 Å². The van der Waals surface area contributed by atoms with E-state index >= 15 is 0 Å². The fraction of sp³-hybridized carbons (Fsp3) is 0.0741. The number of halogens is 2. The highest BCUT2D eigenvalue weighted by Gasteiger charge is 2.35. The van der Waals surface area contributed by atoms with E-state index in [1.165, 1.54) is 11.0 Å². The predicted molar refractivity (Wildman–Crippen MR) is 142 cm³/mol. The zero-order valence-corrected chi connectivity index (χ0v) is 21.4. The number of thiazole rings is 1. The Labute approximate surface area is 221 Å². The number of anilines is 1. The number of benzene rings is 3. The van der Waals surface area contributed by atoms with Crippen molar-refractivity contribution in [2.75, 3.05) is 4.90 Å². The molecule has 0 spiro atoms. The molecule has 5 aromatic rings. The molecule has 1 aliphatic heterocycles. The Morgan fingerprint density at radius 2 is 1.70 bits per heavy atom. The van der Waals surface area contributed by atoms with E-state index in [4.69, 9.17) is 0 Å². The van der Waals surface area contributed by atoms with Gasteiger partial charge in [-0.15, -0.1) is 0 Å². The van der Waals surface area contributed by atoms with Crippen LogP contribution in [0.1, 0.15) is 22.4 Å². The summed E-state index contributed by atoms with van der Waals surface area (Å²) in [6.45, 7) is -0.00169. The number of fused-ring (bicyclic) bond motifs is 2. The molecule has 6 rings (SSSR count). The van der Waals surface area contributed by atoms with Gasteiger partial charge in [-0.3, -0.25) is 14.4 Å². The van der Waals surface area contributed by atoms with E-state index in [-0.39, 0.29) is 33.7 Å². The minimum Gasteiger partial charge on any atom is -0.303 e. The molecule has 2 aromatic heterocycles. The molecule has 3 aromatic carbocycles. The topological polar surface area (TPSA) is 84.6 Å². The maximum atomic E-state index is 14.4. The Morgan fingerprint density at radius 1 is 0.946 bits per heavy atom. The molecule has 3 heterocycles. The molecule has 0 radical (unpaired) electrons.